The summed E-state index contributed by atoms with van der Waals surface area (Å²) in [6, 6.07) is 1.90. The van der Waals surface area contributed by atoms with E-state index in [2.05, 4.69) is 29.4 Å². The van der Waals surface area contributed by atoms with Crippen molar-refractivity contribution in [1.29, 1.82) is 0 Å². The Kier molecular flexibility index (Phi) is 6.07. The van der Waals surface area contributed by atoms with Gasteiger partial charge in [0.1, 0.15) is 0 Å². The van der Waals surface area contributed by atoms with E-state index in [1.54, 1.807) is 6.20 Å². The number of rotatable bonds is 8. The molecule has 0 aliphatic carbocycles. The highest BCUT2D eigenvalue weighted by Crippen LogP contribution is 1.94. The molecule has 0 aromatic carbocycles. The molecule has 5 nitrogen and oxygen atoms in total. The van der Waals surface area contributed by atoms with Gasteiger partial charge in [0.05, 0.1) is 12.7 Å². The van der Waals surface area contributed by atoms with E-state index in [0.717, 1.165) is 5.69 Å². The van der Waals surface area contributed by atoms with Gasteiger partial charge in [0.15, 0.2) is 0 Å². The number of nitrogens with one attached hydrogen (secondary N) is 2. The lowest BCUT2D eigenvalue weighted by Gasteiger charge is -2.13. The molecule has 0 saturated heterocycles. The Morgan fingerprint density at radius 1 is 1.50 bits per heavy atom. The van der Waals surface area contributed by atoms with Crippen molar-refractivity contribution >= 4 is 0 Å². The zero-order valence-corrected chi connectivity index (χ0v) is 9.94. The molecule has 0 fully saturated rings. The Hall–Kier alpha value is -0.910. The van der Waals surface area contributed by atoms with Gasteiger partial charge in [0.2, 0.25) is 0 Å². The fraction of sp³-hybridized carbons (Fsp3) is 0.727. The summed E-state index contributed by atoms with van der Waals surface area (Å²) in [4.78, 5) is 0. The minimum absolute atomic E-state index is 0.383. The van der Waals surface area contributed by atoms with Crippen LogP contribution in [-0.2, 0) is 11.3 Å². The molecule has 92 valence electrons. The largest absolute Gasteiger partial charge is 0.389 e. The molecular weight excluding hydrogens is 206 g/mol. The number of hydrogen-bond acceptors (Lipinski definition) is 4. The highest BCUT2D eigenvalue weighted by molar-refractivity contribution is 4.96. The predicted octanol–water partition coefficient (Wildman–Crippen LogP) is 0.533. The first-order valence-corrected chi connectivity index (χ1v) is 5.63. The Balaban J connectivity index is 2.00. The van der Waals surface area contributed by atoms with E-state index in [4.69, 9.17) is 4.74 Å². The molecule has 1 rings (SSSR count). The van der Waals surface area contributed by atoms with Crippen LogP contribution >= 0.6 is 0 Å². The van der Waals surface area contributed by atoms with E-state index in [1.807, 2.05) is 6.07 Å². The fourth-order valence-electron chi connectivity index (χ4n) is 1.26. The molecule has 3 N–H and O–H groups in total. The van der Waals surface area contributed by atoms with Crippen molar-refractivity contribution in [3.8, 4) is 0 Å². The molecule has 1 aromatic rings. The highest BCUT2D eigenvalue weighted by Gasteiger charge is 2.04. The molecule has 0 bridgehead atoms. The smallest absolute Gasteiger partial charge is 0.0897 e. The number of nitrogens with zero attached hydrogens (tertiary/aromatic N) is 1. The summed E-state index contributed by atoms with van der Waals surface area (Å²) in [5.74, 6) is 0.505. The summed E-state index contributed by atoms with van der Waals surface area (Å²) in [6.45, 7) is 6.45. The van der Waals surface area contributed by atoms with Crippen molar-refractivity contribution < 1.29 is 9.84 Å². The zero-order chi connectivity index (χ0) is 11.8. The van der Waals surface area contributed by atoms with Crippen molar-refractivity contribution in [2.75, 3.05) is 19.8 Å². The van der Waals surface area contributed by atoms with Crippen LogP contribution in [0.15, 0.2) is 12.3 Å². The average molecular weight is 227 g/mol. The molecule has 0 radical (unpaired) electrons. The van der Waals surface area contributed by atoms with E-state index >= 15 is 0 Å². The summed E-state index contributed by atoms with van der Waals surface area (Å²) in [6.07, 6.45) is 1.25. The Morgan fingerprint density at radius 2 is 2.31 bits per heavy atom. The second kappa shape index (κ2) is 7.38. The minimum Gasteiger partial charge on any atom is -0.389 e. The molecule has 1 heterocycles. The molecule has 5 heteroatoms. The number of H-pyrrole nitrogens is 1. The normalized spacial score (nSPS) is 13.2. The first-order chi connectivity index (χ1) is 7.68. The zero-order valence-electron chi connectivity index (χ0n) is 9.94. The summed E-state index contributed by atoms with van der Waals surface area (Å²) in [5.41, 5.74) is 1.01. The first kappa shape index (κ1) is 13.2. The van der Waals surface area contributed by atoms with Crippen LogP contribution in [0.2, 0.25) is 0 Å². The number of aromatic nitrogens is 2. The van der Waals surface area contributed by atoms with Gasteiger partial charge < -0.3 is 15.2 Å². The molecule has 1 atom stereocenters. The van der Waals surface area contributed by atoms with Gasteiger partial charge in [-0.2, -0.15) is 5.10 Å². The molecule has 1 aromatic heterocycles. The van der Waals surface area contributed by atoms with E-state index in [0.29, 0.717) is 32.2 Å². The number of ether oxygens (including phenoxy) is 1. The van der Waals surface area contributed by atoms with Gasteiger partial charge in [-0.15, -0.1) is 0 Å². The van der Waals surface area contributed by atoms with Crippen LogP contribution in [-0.4, -0.2) is 41.2 Å². The van der Waals surface area contributed by atoms with Crippen LogP contribution in [0.3, 0.4) is 0 Å². The maximum Gasteiger partial charge on any atom is 0.0897 e. The van der Waals surface area contributed by atoms with Crippen molar-refractivity contribution in [2.45, 2.75) is 26.5 Å². The number of aliphatic hydroxyl groups is 1. The van der Waals surface area contributed by atoms with Crippen LogP contribution in [0, 0.1) is 5.92 Å². The van der Waals surface area contributed by atoms with Gasteiger partial charge >= 0.3 is 0 Å². The van der Waals surface area contributed by atoms with E-state index in [9.17, 15) is 5.11 Å². The number of hydrogen-bond donors (Lipinski definition) is 3. The molecule has 0 saturated carbocycles. The van der Waals surface area contributed by atoms with Gasteiger partial charge in [-0.25, -0.2) is 0 Å². The third-order valence-corrected chi connectivity index (χ3v) is 2.02. The summed E-state index contributed by atoms with van der Waals surface area (Å²) in [7, 11) is 0. The number of aromatic amines is 1. The maximum absolute atomic E-state index is 9.58. The number of aliphatic hydroxyl groups excluding tert-OH is 1. The lowest BCUT2D eigenvalue weighted by molar-refractivity contribution is 0.0260. The third-order valence-electron chi connectivity index (χ3n) is 2.02. The van der Waals surface area contributed by atoms with Crippen molar-refractivity contribution in [2.24, 2.45) is 5.92 Å². The van der Waals surface area contributed by atoms with Crippen molar-refractivity contribution in [1.82, 2.24) is 15.5 Å². The van der Waals surface area contributed by atoms with Crippen LogP contribution in [0.25, 0.3) is 0 Å². The second-order valence-corrected chi connectivity index (χ2v) is 4.30. The fourth-order valence-corrected chi connectivity index (χ4v) is 1.26. The highest BCUT2D eigenvalue weighted by atomic mass is 16.5. The molecule has 0 aliphatic heterocycles. The Bertz CT molecular complexity index is 262. The molecule has 0 aliphatic rings. The van der Waals surface area contributed by atoms with Crippen LogP contribution < -0.4 is 5.32 Å². The predicted molar refractivity (Wildman–Crippen MR) is 62.0 cm³/mol. The first-order valence-electron chi connectivity index (χ1n) is 5.63. The van der Waals surface area contributed by atoms with Gasteiger partial charge in [-0.3, -0.25) is 5.10 Å². The van der Waals surface area contributed by atoms with Crippen LogP contribution in [0.5, 0.6) is 0 Å². The molecule has 16 heavy (non-hydrogen) atoms. The Labute approximate surface area is 96.2 Å². The quantitative estimate of drug-likeness (QED) is 0.606. The minimum atomic E-state index is -0.457. The van der Waals surface area contributed by atoms with Gasteiger partial charge in [-0.05, 0) is 12.0 Å². The molecule has 1 unspecified atom stereocenters. The van der Waals surface area contributed by atoms with Crippen molar-refractivity contribution in [3.63, 3.8) is 0 Å². The lowest BCUT2D eigenvalue weighted by Crippen LogP contribution is -2.30. The van der Waals surface area contributed by atoms with Gasteiger partial charge in [0, 0.05) is 31.6 Å². The van der Waals surface area contributed by atoms with E-state index < -0.39 is 6.10 Å². The lowest BCUT2D eigenvalue weighted by atomic mass is 10.2. The summed E-state index contributed by atoms with van der Waals surface area (Å²) < 4.78 is 5.33. The average Bonchev–Trinajstić information content (AvgIpc) is 2.70. The SMILES string of the molecule is CC(C)COCC(O)CNCc1ccn[nH]1. The van der Waals surface area contributed by atoms with Crippen LogP contribution in [0.4, 0.5) is 0 Å². The standard InChI is InChI=1S/C11H21N3O2/c1-9(2)7-16-8-11(15)6-12-5-10-3-4-13-14-10/h3-4,9,11-12,15H,5-8H2,1-2H3,(H,13,14). The van der Waals surface area contributed by atoms with Gasteiger partial charge in [-0.1, -0.05) is 13.8 Å². The van der Waals surface area contributed by atoms with Gasteiger partial charge in [0.25, 0.3) is 0 Å². The second-order valence-electron chi connectivity index (χ2n) is 4.30. The maximum atomic E-state index is 9.58. The molecule has 0 spiro atoms. The van der Waals surface area contributed by atoms with E-state index in [1.165, 1.54) is 0 Å². The van der Waals surface area contributed by atoms with Crippen LogP contribution in [0.1, 0.15) is 19.5 Å². The molecular formula is C11H21N3O2. The summed E-state index contributed by atoms with van der Waals surface area (Å²) in [5, 5.41) is 19.4. The monoisotopic (exact) mass is 227 g/mol. The topological polar surface area (TPSA) is 70.2 Å². The summed E-state index contributed by atoms with van der Waals surface area (Å²) >= 11 is 0. The Morgan fingerprint density at radius 3 is 2.94 bits per heavy atom. The van der Waals surface area contributed by atoms with E-state index in [-0.39, 0.29) is 0 Å². The third kappa shape index (κ3) is 5.85. The molecule has 0 amide bonds. The van der Waals surface area contributed by atoms with Crippen molar-refractivity contribution in [3.05, 3.63) is 18.0 Å².